The third-order valence-electron chi connectivity index (χ3n) is 2.31. The van der Waals surface area contributed by atoms with E-state index in [0.29, 0.717) is 17.1 Å². The van der Waals surface area contributed by atoms with Crippen LogP contribution in [0, 0.1) is 12.3 Å². The van der Waals surface area contributed by atoms with Crippen LogP contribution in [0.4, 0.5) is 10.5 Å². The third kappa shape index (κ3) is 4.38. The van der Waals surface area contributed by atoms with Crippen LogP contribution in [0.3, 0.4) is 0 Å². The van der Waals surface area contributed by atoms with Crippen LogP contribution < -0.4 is 10.6 Å². The number of carbonyl (C=O) groups is 1. The van der Waals surface area contributed by atoms with Gasteiger partial charge in [-0.3, -0.25) is 0 Å². The van der Waals surface area contributed by atoms with Gasteiger partial charge < -0.3 is 10.6 Å². The fraction of sp³-hybridized carbons (Fsp3) is 0.308. The molecule has 1 rings (SSSR count). The van der Waals surface area contributed by atoms with Gasteiger partial charge in [-0.15, -0.1) is 12.3 Å². The summed E-state index contributed by atoms with van der Waals surface area (Å²) in [4.78, 5) is 11.7. The average molecular weight is 251 g/mol. The maximum atomic E-state index is 11.7. The normalized spacial score (nSPS) is 11.4. The number of hydrogen-bond acceptors (Lipinski definition) is 1. The van der Waals surface area contributed by atoms with E-state index in [1.165, 1.54) is 0 Å². The summed E-state index contributed by atoms with van der Waals surface area (Å²) in [6, 6.07) is 6.77. The largest absolute Gasteiger partial charge is 0.334 e. The van der Waals surface area contributed by atoms with E-state index in [1.807, 2.05) is 6.92 Å². The summed E-state index contributed by atoms with van der Waals surface area (Å²) in [7, 11) is 0. The predicted octanol–water partition coefficient (Wildman–Crippen LogP) is 3.26. The third-order valence-corrected chi connectivity index (χ3v) is 2.64. The first-order chi connectivity index (χ1) is 8.17. The number of anilines is 1. The van der Waals surface area contributed by atoms with Gasteiger partial charge in [0.2, 0.25) is 0 Å². The van der Waals surface area contributed by atoms with Crippen molar-refractivity contribution in [2.45, 2.75) is 25.8 Å². The van der Waals surface area contributed by atoms with Crippen molar-refractivity contribution < 1.29 is 4.79 Å². The van der Waals surface area contributed by atoms with Crippen LogP contribution in [-0.4, -0.2) is 12.1 Å². The summed E-state index contributed by atoms with van der Waals surface area (Å²) in [5.74, 6) is 2.53. The lowest BCUT2D eigenvalue weighted by Gasteiger charge is -2.15. The second-order valence-corrected chi connectivity index (χ2v) is 4.00. The highest BCUT2D eigenvalue weighted by molar-refractivity contribution is 6.33. The Labute approximate surface area is 107 Å². The Morgan fingerprint density at radius 2 is 2.24 bits per heavy atom. The molecule has 0 fully saturated rings. The minimum Gasteiger partial charge on any atom is -0.334 e. The van der Waals surface area contributed by atoms with E-state index >= 15 is 0 Å². The van der Waals surface area contributed by atoms with Gasteiger partial charge in [-0.05, 0) is 18.6 Å². The lowest BCUT2D eigenvalue weighted by molar-refractivity contribution is 0.248. The van der Waals surface area contributed by atoms with Crippen molar-refractivity contribution in [3.63, 3.8) is 0 Å². The van der Waals surface area contributed by atoms with E-state index in [0.717, 1.165) is 6.42 Å². The predicted molar refractivity (Wildman–Crippen MR) is 71.1 cm³/mol. The Morgan fingerprint density at radius 1 is 1.53 bits per heavy atom. The molecule has 0 aliphatic rings. The molecular weight excluding hydrogens is 236 g/mol. The lowest BCUT2D eigenvalue weighted by atomic mass is 10.1. The molecule has 0 saturated carbocycles. The molecule has 0 spiro atoms. The van der Waals surface area contributed by atoms with Crippen LogP contribution in [0.15, 0.2) is 24.3 Å². The number of para-hydroxylation sites is 1. The fourth-order valence-electron chi connectivity index (χ4n) is 1.35. The Kier molecular flexibility index (Phi) is 5.38. The second-order valence-electron chi connectivity index (χ2n) is 3.59. The van der Waals surface area contributed by atoms with Gasteiger partial charge in [0.1, 0.15) is 0 Å². The van der Waals surface area contributed by atoms with E-state index in [1.54, 1.807) is 24.3 Å². The van der Waals surface area contributed by atoms with Gasteiger partial charge in [0, 0.05) is 12.5 Å². The van der Waals surface area contributed by atoms with Gasteiger partial charge in [0.05, 0.1) is 10.7 Å². The molecule has 4 heteroatoms. The van der Waals surface area contributed by atoms with Crippen molar-refractivity contribution in [2.24, 2.45) is 0 Å². The number of amides is 2. The zero-order valence-electron chi connectivity index (χ0n) is 9.66. The monoisotopic (exact) mass is 250 g/mol. The molecule has 90 valence electrons. The summed E-state index contributed by atoms with van der Waals surface area (Å²) < 4.78 is 0. The molecule has 0 aliphatic carbocycles. The van der Waals surface area contributed by atoms with Crippen LogP contribution in [0.25, 0.3) is 0 Å². The summed E-state index contributed by atoms with van der Waals surface area (Å²) in [6.45, 7) is 1.97. The number of terminal acetylenes is 1. The quantitative estimate of drug-likeness (QED) is 0.792. The maximum absolute atomic E-state index is 11.7. The summed E-state index contributed by atoms with van der Waals surface area (Å²) in [5, 5.41) is 5.98. The molecule has 2 amide bonds. The van der Waals surface area contributed by atoms with E-state index in [9.17, 15) is 4.79 Å². The molecule has 1 aromatic carbocycles. The molecule has 2 N–H and O–H groups in total. The zero-order valence-corrected chi connectivity index (χ0v) is 10.4. The molecule has 1 atom stereocenters. The Balaban J connectivity index is 2.56. The van der Waals surface area contributed by atoms with Gasteiger partial charge in [0.15, 0.2) is 0 Å². The molecule has 1 aromatic rings. The summed E-state index contributed by atoms with van der Waals surface area (Å²) in [5.41, 5.74) is 0.585. The average Bonchev–Trinajstić information content (AvgIpc) is 2.31. The highest BCUT2D eigenvalue weighted by Crippen LogP contribution is 2.20. The molecule has 0 radical (unpaired) electrons. The van der Waals surface area contributed by atoms with E-state index in [2.05, 4.69) is 16.6 Å². The SMILES string of the molecule is C#CCC(CC)NC(=O)Nc1ccccc1Cl. The number of urea groups is 1. The second kappa shape index (κ2) is 6.82. The van der Waals surface area contributed by atoms with E-state index < -0.39 is 0 Å². The Bertz CT molecular complexity index is 426. The topological polar surface area (TPSA) is 41.1 Å². The van der Waals surface area contributed by atoms with Gasteiger partial charge in [-0.2, -0.15) is 0 Å². The molecular formula is C13H15ClN2O. The van der Waals surface area contributed by atoms with Gasteiger partial charge in [0.25, 0.3) is 0 Å². The van der Waals surface area contributed by atoms with Crippen molar-refractivity contribution >= 4 is 23.3 Å². The first kappa shape index (κ1) is 13.4. The minimum atomic E-state index is -0.291. The van der Waals surface area contributed by atoms with Crippen LogP contribution in [0.5, 0.6) is 0 Å². The van der Waals surface area contributed by atoms with E-state index in [-0.39, 0.29) is 12.1 Å². The van der Waals surface area contributed by atoms with Crippen molar-refractivity contribution in [3.8, 4) is 12.3 Å². The molecule has 0 bridgehead atoms. The van der Waals surface area contributed by atoms with Crippen LogP contribution in [0.2, 0.25) is 5.02 Å². The van der Waals surface area contributed by atoms with Gasteiger partial charge >= 0.3 is 6.03 Å². The number of halogens is 1. The Morgan fingerprint density at radius 3 is 2.82 bits per heavy atom. The smallest absolute Gasteiger partial charge is 0.319 e. The number of nitrogens with one attached hydrogen (secondary N) is 2. The molecule has 17 heavy (non-hydrogen) atoms. The van der Waals surface area contributed by atoms with Crippen molar-refractivity contribution in [2.75, 3.05) is 5.32 Å². The van der Waals surface area contributed by atoms with Crippen molar-refractivity contribution in [1.29, 1.82) is 0 Å². The molecule has 3 nitrogen and oxygen atoms in total. The number of rotatable bonds is 4. The standard InChI is InChI=1S/C13H15ClN2O/c1-3-7-10(4-2)15-13(17)16-12-9-6-5-8-11(12)14/h1,5-6,8-10H,4,7H2,2H3,(H2,15,16,17). The first-order valence-electron chi connectivity index (χ1n) is 5.42. The fourth-order valence-corrected chi connectivity index (χ4v) is 1.53. The summed E-state index contributed by atoms with van der Waals surface area (Å²) >= 11 is 5.93. The number of hydrogen-bond donors (Lipinski definition) is 2. The molecule has 0 aliphatic heterocycles. The van der Waals surface area contributed by atoms with Crippen molar-refractivity contribution in [1.82, 2.24) is 5.32 Å². The zero-order chi connectivity index (χ0) is 12.7. The molecule has 0 saturated heterocycles. The molecule has 1 unspecified atom stereocenters. The van der Waals surface area contributed by atoms with Gasteiger partial charge in [-0.1, -0.05) is 30.7 Å². The Hall–Kier alpha value is -1.66. The maximum Gasteiger partial charge on any atom is 0.319 e. The number of benzene rings is 1. The molecule has 0 aromatic heterocycles. The van der Waals surface area contributed by atoms with Crippen molar-refractivity contribution in [3.05, 3.63) is 29.3 Å². The lowest BCUT2D eigenvalue weighted by Crippen LogP contribution is -2.37. The van der Waals surface area contributed by atoms with E-state index in [4.69, 9.17) is 18.0 Å². The summed E-state index contributed by atoms with van der Waals surface area (Å²) in [6.07, 6.45) is 6.53. The van der Waals surface area contributed by atoms with Crippen LogP contribution >= 0.6 is 11.6 Å². The van der Waals surface area contributed by atoms with Gasteiger partial charge in [-0.25, -0.2) is 4.79 Å². The highest BCUT2D eigenvalue weighted by atomic mass is 35.5. The highest BCUT2D eigenvalue weighted by Gasteiger charge is 2.10. The van der Waals surface area contributed by atoms with Crippen LogP contribution in [-0.2, 0) is 0 Å². The van der Waals surface area contributed by atoms with Crippen LogP contribution in [0.1, 0.15) is 19.8 Å². The number of carbonyl (C=O) groups excluding carboxylic acids is 1. The minimum absolute atomic E-state index is 0.0116. The molecule has 0 heterocycles. The first-order valence-corrected chi connectivity index (χ1v) is 5.80.